The van der Waals surface area contributed by atoms with Crippen LogP contribution in [0.15, 0.2) is 42.5 Å². The third-order valence-corrected chi connectivity index (χ3v) is 21.0. The van der Waals surface area contributed by atoms with Gasteiger partial charge in [0.2, 0.25) is 5.88 Å². The fourth-order valence-corrected chi connectivity index (χ4v) is 17.4. The van der Waals surface area contributed by atoms with Crippen LogP contribution in [0.1, 0.15) is 100 Å². The van der Waals surface area contributed by atoms with Gasteiger partial charge in [-0.25, -0.2) is 22.9 Å². The molecule has 0 spiro atoms. The molecule has 0 radical (unpaired) electrons. The fourth-order valence-electron chi connectivity index (χ4n) is 12.2. The van der Waals surface area contributed by atoms with Gasteiger partial charge in [0.05, 0.1) is 29.2 Å². The van der Waals surface area contributed by atoms with Crippen molar-refractivity contribution in [1.29, 1.82) is 0 Å². The first-order chi connectivity index (χ1) is 30.2. The number of halogens is 3. The molecule has 5 aliphatic rings. The Bertz CT molecular complexity index is 2600. The van der Waals surface area contributed by atoms with Gasteiger partial charge in [0.1, 0.15) is 60.8 Å². The number of hydrogen-bond donors (Lipinski definition) is 0. The van der Waals surface area contributed by atoms with Crippen LogP contribution >= 0.6 is 0 Å². The second-order valence-corrected chi connectivity index (χ2v) is 26.5. The van der Waals surface area contributed by atoms with Crippen LogP contribution < -0.4 is 14.4 Å². The minimum atomic E-state index is -2.31. The summed E-state index contributed by atoms with van der Waals surface area (Å²) in [5.41, 5.74) is 4.70. The fraction of sp³-hybridized carbons (Fsp3) is 0.560. The van der Waals surface area contributed by atoms with Crippen LogP contribution in [-0.4, -0.2) is 107 Å². The van der Waals surface area contributed by atoms with Crippen LogP contribution in [0.25, 0.3) is 32.9 Å². The number of aromatic nitrogens is 3. The first kappa shape index (κ1) is 44.3. The van der Waals surface area contributed by atoms with Gasteiger partial charge in [-0.2, -0.15) is 9.97 Å². The summed E-state index contributed by atoms with van der Waals surface area (Å²) < 4.78 is 68.5. The van der Waals surface area contributed by atoms with E-state index in [4.69, 9.17) is 29.2 Å². The molecule has 64 heavy (non-hydrogen) atoms. The summed E-state index contributed by atoms with van der Waals surface area (Å²) in [5.74, 6) is 2.61. The molecule has 1 amide bonds. The van der Waals surface area contributed by atoms with Crippen molar-refractivity contribution in [1.82, 2.24) is 24.8 Å². The summed E-state index contributed by atoms with van der Waals surface area (Å²) in [6, 6.07) is 7.51. The molecule has 7 heterocycles. The van der Waals surface area contributed by atoms with Crippen molar-refractivity contribution in [2.75, 3.05) is 31.1 Å². The van der Waals surface area contributed by atoms with Crippen molar-refractivity contribution in [3.8, 4) is 34.6 Å². The molecule has 5 aliphatic heterocycles. The lowest BCUT2D eigenvalue weighted by atomic mass is 9.93. The maximum atomic E-state index is 18.0. The molecule has 4 saturated heterocycles. The number of rotatable bonds is 7. The number of carbonyl (C=O) groups excluding carboxylic acids is 1. The molecule has 0 N–H and O–H groups in total. The molecular formula is C50H61F3N6O4Si. The van der Waals surface area contributed by atoms with E-state index in [9.17, 15) is 9.18 Å². The van der Waals surface area contributed by atoms with E-state index in [-0.39, 0.29) is 65.7 Å². The number of alkyl halides is 1. The normalized spacial score (nSPS) is 25.5. The number of ether oxygens (including phenoxy) is 3. The van der Waals surface area contributed by atoms with Gasteiger partial charge in [0, 0.05) is 37.0 Å². The summed E-state index contributed by atoms with van der Waals surface area (Å²) in [4.78, 5) is 34.6. The Hall–Kier alpha value is -4.87. The first-order valence-electron chi connectivity index (χ1n) is 23.0. The van der Waals surface area contributed by atoms with E-state index in [2.05, 4.69) is 69.4 Å². The van der Waals surface area contributed by atoms with E-state index in [1.807, 2.05) is 38.7 Å². The van der Waals surface area contributed by atoms with Gasteiger partial charge < -0.3 is 19.1 Å². The highest BCUT2D eigenvalue weighted by Gasteiger charge is 2.55. The van der Waals surface area contributed by atoms with Gasteiger partial charge in [-0.15, -0.1) is 5.54 Å². The first-order valence-corrected chi connectivity index (χ1v) is 25.3. The molecule has 0 aliphatic carbocycles. The molecule has 4 fully saturated rings. The number of benzene rings is 2. The Kier molecular flexibility index (Phi) is 11.0. The van der Waals surface area contributed by atoms with E-state index in [1.165, 1.54) is 6.07 Å². The summed E-state index contributed by atoms with van der Waals surface area (Å²) in [6.07, 6.45) is 0.326. The smallest absolute Gasteiger partial charge is 0.410 e. The quantitative estimate of drug-likeness (QED) is 0.102. The number of carbonyl (C=O) groups is 1. The molecule has 1 unspecified atom stereocenters. The number of pyridine rings is 1. The third kappa shape index (κ3) is 7.20. The number of fused-ring (bicyclic) bond motifs is 7. The van der Waals surface area contributed by atoms with Crippen molar-refractivity contribution in [3.63, 3.8) is 0 Å². The Labute approximate surface area is 375 Å². The van der Waals surface area contributed by atoms with Crippen LogP contribution in [0.3, 0.4) is 0 Å². The van der Waals surface area contributed by atoms with Gasteiger partial charge in [-0.3, -0.25) is 9.80 Å². The Morgan fingerprint density at radius 2 is 1.75 bits per heavy atom. The molecule has 340 valence electrons. The molecule has 14 heteroatoms. The van der Waals surface area contributed by atoms with Crippen molar-refractivity contribution < 1.29 is 32.2 Å². The molecule has 2 bridgehead atoms. The van der Waals surface area contributed by atoms with E-state index in [0.29, 0.717) is 64.7 Å². The summed E-state index contributed by atoms with van der Waals surface area (Å²) in [5, 5.41) is 1.41. The molecular weight excluding hydrogens is 834 g/mol. The molecule has 6 atom stereocenters. The topological polar surface area (TPSA) is 93.2 Å². The van der Waals surface area contributed by atoms with Crippen molar-refractivity contribution in [3.05, 3.63) is 59.7 Å². The number of piperazine rings is 1. The van der Waals surface area contributed by atoms with Gasteiger partial charge in [0.15, 0.2) is 5.82 Å². The van der Waals surface area contributed by atoms with Gasteiger partial charge >= 0.3 is 12.1 Å². The monoisotopic (exact) mass is 894 g/mol. The maximum Gasteiger partial charge on any atom is 0.410 e. The molecule has 2 aromatic carbocycles. The van der Waals surface area contributed by atoms with Crippen LogP contribution in [0.4, 0.5) is 23.8 Å². The van der Waals surface area contributed by atoms with Crippen LogP contribution in [-0.2, 0) is 4.74 Å². The summed E-state index contributed by atoms with van der Waals surface area (Å²) in [7, 11) is -2.31. The SMILES string of the molecule is C=C1CN2C[C@H](F)CC2(COc2nc3c4c(nc(-c5cccc6ccc(F)c(C#C[Si](C(C)C)(C(C)C)C(C)C)c56)c(F)c4n2)O[C@@H](C)[C@@H]2[C@@H]4CC[C@H](CN32)N4C(=O)OC(C)(C)C)C1. The highest BCUT2D eigenvalue weighted by molar-refractivity contribution is 6.90. The lowest BCUT2D eigenvalue weighted by Gasteiger charge is -2.48. The van der Waals surface area contributed by atoms with E-state index < -0.39 is 55.3 Å². The van der Waals surface area contributed by atoms with Crippen molar-refractivity contribution in [2.45, 2.75) is 153 Å². The molecule has 0 saturated carbocycles. The maximum absolute atomic E-state index is 18.0. The van der Waals surface area contributed by atoms with Crippen LogP contribution in [0.5, 0.6) is 11.9 Å². The van der Waals surface area contributed by atoms with Gasteiger partial charge in [-0.1, -0.05) is 83.9 Å². The Morgan fingerprint density at radius 1 is 1.02 bits per heavy atom. The zero-order chi connectivity index (χ0) is 45.8. The van der Waals surface area contributed by atoms with E-state index in [1.54, 1.807) is 18.2 Å². The Morgan fingerprint density at radius 3 is 2.45 bits per heavy atom. The highest BCUT2D eigenvalue weighted by Crippen LogP contribution is 2.49. The van der Waals surface area contributed by atoms with E-state index in [0.717, 1.165) is 12.0 Å². The minimum Gasteiger partial charge on any atom is -0.472 e. The molecule has 10 nitrogen and oxygen atoms in total. The van der Waals surface area contributed by atoms with Crippen LogP contribution in [0, 0.1) is 23.1 Å². The van der Waals surface area contributed by atoms with E-state index >= 15 is 8.78 Å². The molecule has 4 aromatic rings. The zero-order valence-corrected chi connectivity index (χ0v) is 39.8. The average molecular weight is 895 g/mol. The minimum absolute atomic E-state index is 0.0678. The highest BCUT2D eigenvalue weighted by atomic mass is 28.3. The number of nitrogens with zero attached hydrogens (tertiary/aromatic N) is 6. The van der Waals surface area contributed by atoms with Gasteiger partial charge in [-0.05, 0) is 75.0 Å². The number of anilines is 1. The second kappa shape index (κ2) is 15.9. The molecule has 2 aromatic heterocycles. The Balaban J connectivity index is 1.23. The zero-order valence-electron chi connectivity index (χ0n) is 38.8. The predicted molar refractivity (Wildman–Crippen MR) is 247 cm³/mol. The number of amides is 1. The molecule has 9 rings (SSSR count). The average Bonchev–Trinajstić information content (AvgIpc) is 3.77. The largest absolute Gasteiger partial charge is 0.472 e. The third-order valence-electron chi connectivity index (χ3n) is 14.7. The van der Waals surface area contributed by atoms with Gasteiger partial charge in [0.25, 0.3) is 0 Å². The predicted octanol–water partition coefficient (Wildman–Crippen LogP) is 10.6. The summed E-state index contributed by atoms with van der Waals surface area (Å²) >= 11 is 0. The summed E-state index contributed by atoms with van der Waals surface area (Å²) in [6.45, 7) is 26.3. The lowest BCUT2D eigenvalue weighted by molar-refractivity contribution is 0.000934. The second-order valence-electron chi connectivity index (χ2n) is 20.9. The van der Waals surface area contributed by atoms with Crippen LogP contribution in [0.2, 0.25) is 16.6 Å². The standard InChI is InChI=1S/C50H61F3N6O4Si/c1-27(2)64(28(3)4,29(5)6)20-19-35-37(52)17-15-32-13-12-14-36(39(32)35)42-41(53)43-40-45(56-47(55-43)61-26-50-21-30(7)23-57(50)24-33(51)22-50)58-25-34-16-18-38(44(58)31(8)62-46(40)54-42)59(34)48(60)63-49(9,10)11/h12-15,17,27-29,31,33-34,38,44H,7,16,18,21-26H2,1-6,8-11H3/t31-,33+,34+,38-,44+,50?/m0/s1. The van der Waals surface area contributed by atoms with Crippen molar-refractivity contribution >= 4 is 41.7 Å². The van der Waals surface area contributed by atoms with Crippen molar-refractivity contribution in [2.24, 2.45) is 0 Å². The number of hydrogen-bond acceptors (Lipinski definition) is 9. The lowest BCUT2D eigenvalue weighted by Crippen LogP contribution is -2.65.